The molecule has 1 N–H and O–H groups in total. The van der Waals surface area contributed by atoms with E-state index in [4.69, 9.17) is 11.6 Å². The first-order valence-electron chi connectivity index (χ1n) is 6.09. The average molecular weight is 306 g/mol. The van der Waals surface area contributed by atoms with E-state index < -0.39 is 0 Å². The van der Waals surface area contributed by atoms with Gasteiger partial charge in [0.1, 0.15) is 0 Å². The van der Waals surface area contributed by atoms with E-state index >= 15 is 0 Å². The van der Waals surface area contributed by atoms with Gasteiger partial charge in [-0.25, -0.2) is 4.98 Å². The lowest BCUT2D eigenvalue weighted by Crippen LogP contribution is -2.15. The van der Waals surface area contributed by atoms with E-state index in [0.29, 0.717) is 17.1 Å². The molecule has 20 heavy (non-hydrogen) atoms. The number of carbonyl (C=O) groups is 1. The Bertz CT molecular complexity index is 778. The molecule has 0 aliphatic carbocycles. The van der Waals surface area contributed by atoms with Crippen LogP contribution < -0.4 is 5.32 Å². The molecule has 1 amide bonds. The highest BCUT2D eigenvalue weighted by Gasteiger charge is 2.10. The summed E-state index contributed by atoms with van der Waals surface area (Å²) in [4.78, 5) is 17.3. The fourth-order valence-corrected chi connectivity index (χ4v) is 3.11. The van der Waals surface area contributed by atoms with E-state index in [-0.39, 0.29) is 5.91 Å². The average Bonchev–Trinajstić information content (AvgIpc) is 2.90. The molecule has 0 aliphatic rings. The maximum Gasteiger partial charge on any atom is 0.230 e. The van der Waals surface area contributed by atoms with Gasteiger partial charge < -0.3 is 5.32 Å². The van der Waals surface area contributed by atoms with Crippen molar-refractivity contribution in [3.63, 3.8) is 0 Å². The van der Waals surface area contributed by atoms with Gasteiger partial charge in [-0.3, -0.25) is 9.20 Å². The van der Waals surface area contributed by atoms with Crippen LogP contribution in [0, 0.1) is 6.92 Å². The van der Waals surface area contributed by atoms with Crippen LogP contribution in [0.3, 0.4) is 0 Å². The highest BCUT2D eigenvalue weighted by molar-refractivity contribution is 7.15. The van der Waals surface area contributed by atoms with Gasteiger partial charge in [0.15, 0.2) is 4.96 Å². The molecule has 0 unspecified atom stereocenters. The summed E-state index contributed by atoms with van der Waals surface area (Å²) in [5, 5.41) is 5.40. The zero-order chi connectivity index (χ0) is 14.1. The smallest absolute Gasteiger partial charge is 0.230 e. The van der Waals surface area contributed by atoms with Crippen LogP contribution in [0.15, 0.2) is 35.8 Å². The molecule has 3 rings (SSSR count). The summed E-state index contributed by atoms with van der Waals surface area (Å²) in [5.41, 5.74) is 2.59. The number of nitrogens with one attached hydrogen (secondary N) is 1. The molecule has 102 valence electrons. The maximum atomic E-state index is 12.1. The van der Waals surface area contributed by atoms with Crippen LogP contribution in [-0.2, 0) is 11.2 Å². The number of fused-ring (bicyclic) bond motifs is 1. The highest BCUT2D eigenvalue weighted by atomic mass is 35.5. The number of anilines is 1. The van der Waals surface area contributed by atoms with Gasteiger partial charge in [0, 0.05) is 28.0 Å². The Morgan fingerprint density at radius 2 is 2.35 bits per heavy atom. The zero-order valence-corrected chi connectivity index (χ0v) is 12.3. The summed E-state index contributed by atoms with van der Waals surface area (Å²) in [5.74, 6) is -0.0710. The van der Waals surface area contributed by atoms with Gasteiger partial charge in [0.05, 0.1) is 12.1 Å². The molecule has 0 saturated heterocycles. The number of aromatic nitrogens is 2. The Morgan fingerprint density at radius 3 is 3.15 bits per heavy atom. The molecular weight excluding hydrogens is 294 g/mol. The van der Waals surface area contributed by atoms with Gasteiger partial charge in [0.2, 0.25) is 5.91 Å². The van der Waals surface area contributed by atoms with Crippen molar-refractivity contribution in [1.82, 2.24) is 9.38 Å². The number of nitrogens with zero attached hydrogens (tertiary/aromatic N) is 2. The number of imidazole rings is 1. The second-order valence-electron chi connectivity index (χ2n) is 4.50. The van der Waals surface area contributed by atoms with Crippen LogP contribution in [-0.4, -0.2) is 15.3 Å². The lowest BCUT2D eigenvalue weighted by atomic mass is 10.3. The predicted octanol–water partition coefficient (Wildman–Crippen LogP) is 3.54. The van der Waals surface area contributed by atoms with E-state index in [9.17, 15) is 4.79 Å². The molecule has 6 heteroatoms. The zero-order valence-electron chi connectivity index (χ0n) is 10.8. The van der Waals surface area contributed by atoms with Crippen molar-refractivity contribution in [3.8, 4) is 0 Å². The number of thiazole rings is 1. The Hall–Kier alpha value is -1.85. The molecule has 4 nitrogen and oxygen atoms in total. The fraction of sp³-hybridized carbons (Fsp3) is 0.143. The first-order valence-corrected chi connectivity index (χ1v) is 7.35. The Morgan fingerprint density at radius 1 is 1.50 bits per heavy atom. The van der Waals surface area contributed by atoms with Crippen molar-refractivity contribution >= 4 is 39.5 Å². The van der Waals surface area contributed by atoms with Gasteiger partial charge in [0.25, 0.3) is 0 Å². The van der Waals surface area contributed by atoms with Crippen LogP contribution in [0.25, 0.3) is 4.96 Å². The summed E-state index contributed by atoms with van der Waals surface area (Å²) in [6, 6.07) is 7.12. The van der Waals surface area contributed by atoms with Crippen molar-refractivity contribution < 1.29 is 4.79 Å². The van der Waals surface area contributed by atoms with Crippen molar-refractivity contribution in [2.75, 3.05) is 5.32 Å². The topological polar surface area (TPSA) is 46.4 Å². The largest absolute Gasteiger partial charge is 0.326 e. The Kier molecular flexibility index (Phi) is 3.46. The molecule has 0 fully saturated rings. The van der Waals surface area contributed by atoms with E-state index in [2.05, 4.69) is 10.3 Å². The Balaban J connectivity index is 1.75. The molecule has 0 aliphatic heterocycles. The summed E-state index contributed by atoms with van der Waals surface area (Å²) in [7, 11) is 0. The normalized spacial score (nSPS) is 10.9. The predicted molar refractivity (Wildman–Crippen MR) is 81.6 cm³/mol. The van der Waals surface area contributed by atoms with Crippen LogP contribution >= 0.6 is 22.9 Å². The van der Waals surface area contributed by atoms with Crippen LogP contribution in [0.1, 0.15) is 11.4 Å². The van der Waals surface area contributed by atoms with Crippen LogP contribution in [0.2, 0.25) is 5.02 Å². The first-order chi connectivity index (χ1) is 9.61. The summed E-state index contributed by atoms with van der Waals surface area (Å²) < 4.78 is 1.96. The second kappa shape index (κ2) is 5.26. The van der Waals surface area contributed by atoms with Crippen molar-refractivity contribution in [3.05, 3.63) is 52.3 Å². The third-order valence-corrected chi connectivity index (χ3v) is 3.98. The minimum Gasteiger partial charge on any atom is -0.326 e. The molecule has 0 saturated carbocycles. The molecule has 2 aromatic heterocycles. The standard InChI is InChI=1S/C14H12ClN3OS/c1-9-7-18-12(8-20-14(18)16-9)6-13(19)17-11-4-2-3-10(15)5-11/h2-5,7-8H,6H2,1H3,(H,17,19). The summed E-state index contributed by atoms with van der Waals surface area (Å²) in [6.07, 6.45) is 2.25. The minimum absolute atomic E-state index is 0.0710. The van der Waals surface area contributed by atoms with Gasteiger partial charge in [-0.05, 0) is 25.1 Å². The lowest BCUT2D eigenvalue weighted by molar-refractivity contribution is -0.115. The maximum absolute atomic E-state index is 12.1. The number of hydrogen-bond acceptors (Lipinski definition) is 3. The number of hydrogen-bond donors (Lipinski definition) is 1. The SMILES string of the molecule is Cc1cn2c(CC(=O)Nc3cccc(Cl)c3)csc2n1. The fourth-order valence-electron chi connectivity index (χ4n) is 2.00. The number of halogens is 1. The third-order valence-electron chi connectivity index (χ3n) is 2.85. The first kappa shape index (κ1) is 13.1. The molecule has 2 heterocycles. The molecule has 0 radical (unpaired) electrons. The van der Waals surface area contributed by atoms with Gasteiger partial charge in [-0.2, -0.15) is 0 Å². The molecule has 0 atom stereocenters. The highest BCUT2D eigenvalue weighted by Crippen LogP contribution is 2.18. The number of rotatable bonds is 3. The number of amides is 1. The number of benzene rings is 1. The Labute approximate surface area is 125 Å². The molecule has 0 spiro atoms. The van der Waals surface area contributed by atoms with Crippen LogP contribution in [0.4, 0.5) is 5.69 Å². The minimum atomic E-state index is -0.0710. The number of aryl methyl sites for hydroxylation is 1. The van der Waals surface area contributed by atoms with Crippen molar-refractivity contribution in [1.29, 1.82) is 0 Å². The number of carbonyl (C=O) groups excluding carboxylic acids is 1. The van der Waals surface area contributed by atoms with Gasteiger partial charge >= 0.3 is 0 Å². The van der Waals surface area contributed by atoms with Crippen LogP contribution in [0.5, 0.6) is 0 Å². The van der Waals surface area contributed by atoms with Gasteiger partial charge in [-0.15, -0.1) is 11.3 Å². The molecule has 1 aromatic carbocycles. The third kappa shape index (κ3) is 2.69. The summed E-state index contributed by atoms with van der Waals surface area (Å²) >= 11 is 7.43. The quantitative estimate of drug-likeness (QED) is 0.804. The van der Waals surface area contributed by atoms with E-state index in [1.54, 1.807) is 18.2 Å². The molecule has 0 bridgehead atoms. The van der Waals surface area contributed by atoms with Crippen molar-refractivity contribution in [2.45, 2.75) is 13.3 Å². The molecule has 3 aromatic rings. The second-order valence-corrected chi connectivity index (χ2v) is 5.77. The lowest BCUT2D eigenvalue weighted by Gasteiger charge is -2.05. The summed E-state index contributed by atoms with van der Waals surface area (Å²) in [6.45, 7) is 1.94. The monoisotopic (exact) mass is 305 g/mol. The van der Waals surface area contributed by atoms with Crippen molar-refractivity contribution in [2.24, 2.45) is 0 Å². The molecular formula is C14H12ClN3OS. The van der Waals surface area contributed by atoms with E-state index in [0.717, 1.165) is 16.3 Å². The van der Waals surface area contributed by atoms with Gasteiger partial charge in [-0.1, -0.05) is 17.7 Å². The van der Waals surface area contributed by atoms with E-state index in [1.807, 2.05) is 29.0 Å². The van der Waals surface area contributed by atoms with E-state index in [1.165, 1.54) is 11.3 Å².